The molecule has 0 fully saturated rings. The molecule has 1 aromatic carbocycles. The van der Waals surface area contributed by atoms with Gasteiger partial charge in [0.25, 0.3) is 10.0 Å². The van der Waals surface area contributed by atoms with E-state index in [2.05, 4.69) is 32.6 Å². The van der Waals surface area contributed by atoms with Gasteiger partial charge in [0.15, 0.2) is 0 Å². The van der Waals surface area contributed by atoms with E-state index in [0.717, 1.165) is 10.1 Å². The van der Waals surface area contributed by atoms with Crippen LogP contribution in [0.25, 0.3) is 0 Å². The summed E-state index contributed by atoms with van der Waals surface area (Å²) in [4.78, 5) is 0.175. The van der Waals surface area contributed by atoms with Crippen molar-refractivity contribution >= 4 is 38.3 Å². The molecule has 0 amide bonds. The first-order valence-electron chi connectivity index (χ1n) is 6.51. The van der Waals surface area contributed by atoms with Gasteiger partial charge in [-0.3, -0.25) is 4.72 Å². The SMILES string of the molecule is CCNCc1cc(S(=O)(=O)Nc2cccc(I)c2)c(C)o1. The summed E-state index contributed by atoms with van der Waals surface area (Å²) in [5.41, 5.74) is 0.538. The normalized spacial score (nSPS) is 11.6. The van der Waals surface area contributed by atoms with Crippen LogP contribution in [-0.4, -0.2) is 15.0 Å². The molecule has 1 heterocycles. The molecule has 2 N–H and O–H groups in total. The Balaban J connectivity index is 2.25. The summed E-state index contributed by atoms with van der Waals surface area (Å²) < 4.78 is 33.9. The van der Waals surface area contributed by atoms with Gasteiger partial charge in [0.1, 0.15) is 16.4 Å². The van der Waals surface area contributed by atoms with Crippen molar-refractivity contribution in [3.8, 4) is 0 Å². The quantitative estimate of drug-likeness (QED) is 0.705. The van der Waals surface area contributed by atoms with Crippen LogP contribution in [0.5, 0.6) is 0 Å². The maximum atomic E-state index is 12.4. The third-order valence-electron chi connectivity index (χ3n) is 2.84. The van der Waals surface area contributed by atoms with Crippen LogP contribution in [0.1, 0.15) is 18.4 Å². The second-order valence-electron chi connectivity index (χ2n) is 4.53. The van der Waals surface area contributed by atoms with Crippen LogP contribution in [0.15, 0.2) is 39.6 Å². The first kappa shape index (κ1) is 16.3. The molecule has 0 atom stereocenters. The fraction of sp³-hybridized carbons (Fsp3) is 0.286. The van der Waals surface area contributed by atoms with E-state index in [1.54, 1.807) is 31.2 Å². The largest absolute Gasteiger partial charge is 0.464 e. The lowest BCUT2D eigenvalue weighted by Gasteiger charge is -2.07. The monoisotopic (exact) mass is 420 g/mol. The predicted molar refractivity (Wildman–Crippen MR) is 90.8 cm³/mol. The molecule has 0 aliphatic heterocycles. The first-order chi connectivity index (χ1) is 9.92. The van der Waals surface area contributed by atoms with Gasteiger partial charge in [-0.25, -0.2) is 8.42 Å². The van der Waals surface area contributed by atoms with Crippen molar-refractivity contribution in [2.75, 3.05) is 11.3 Å². The minimum Gasteiger partial charge on any atom is -0.464 e. The highest BCUT2D eigenvalue weighted by atomic mass is 127. The van der Waals surface area contributed by atoms with Crippen LogP contribution >= 0.6 is 22.6 Å². The summed E-state index contributed by atoms with van der Waals surface area (Å²) in [5.74, 6) is 0.999. The molecular weight excluding hydrogens is 403 g/mol. The van der Waals surface area contributed by atoms with Crippen LogP contribution < -0.4 is 10.0 Å². The third-order valence-corrected chi connectivity index (χ3v) is 5.00. The molecule has 0 aliphatic carbocycles. The van der Waals surface area contributed by atoms with Crippen molar-refractivity contribution in [3.63, 3.8) is 0 Å². The summed E-state index contributed by atoms with van der Waals surface area (Å²) in [6.07, 6.45) is 0. The number of benzene rings is 1. The average Bonchev–Trinajstić information content (AvgIpc) is 2.78. The van der Waals surface area contributed by atoms with Gasteiger partial charge in [0, 0.05) is 15.3 Å². The fourth-order valence-corrected chi connectivity index (χ4v) is 3.69. The standard InChI is InChI=1S/C14H17IN2O3S/c1-3-16-9-13-8-14(10(2)20-13)21(18,19)17-12-6-4-5-11(15)7-12/h4-8,16-17H,3,9H2,1-2H3. The lowest BCUT2D eigenvalue weighted by Crippen LogP contribution is -2.13. The van der Waals surface area contributed by atoms with Crippen LogP contribution in [0.4, 0.5) is 5.69 Å². The summed E-state index contributed by atoms with van der Waals surface area (Å²) in [7, 11) is -3.64. The molecular formula is C14H17IN2O3S. The highest BCUT2D eigenvalue weighted by Crippen LogP contribution is 2.23. The maximum Gasteiger partial charge on any atom is 0.265 e. The molecule has 0 bridgehead atoms. The second kappa shape index (κ2) is 6.80. The Morgan fingerprint density at radius 1 is 1.29 bits per heavy atom. The van der Waals surface area contributed by atoms with Crippen LogP contribution in [-0.2, 0) is 16.6 Å². The van der Waals surface area contributed by atoms with E-state index in [9.17, 15) is 8.42 Å². The lowest BCUT2D eigenvalue weighted by atomic mass is 10.3. The Hall–Kier alpha value is -1.06. The summed E-state index contributed by atoms with van der Waals surface area (Å²) >= 11 is 2.14. The number of halogens is 1. The number of anilines is 1. The first-order valence-corrected chi connectivity index (χ1v) is 9.07. The van der Waals surface area contributed by atoms with Crippen LogP contribution in [0.2, 0.25) is 0 Å². The molecule has 0 aliphatic rings. The summed E-state index contributed by atoms with van der Waals surface area (Å²) in [6, 6.07) is 8.75. The molecule has 0 radical (unpaired) electrons. The lowest BCUT2D eigenvalue weighted by molar-refractivity contribution is 0.460. The molecule has 2 aromatic rings. The van der Waals surface area contributed by atoms with E-state index in [1.165, 1.54) is 0 Å². The van der Waals surface area contributed by atoms with Gasteiger partial charge in [0.05, 0.1) is 6.54 Å². The van der Waals surface area contributed by atoms with Gasteiger partial charge in [-0.2, -0.15) is 0 Å². The van der Waals surface area contributed by atoms with Crippen molar-refractivity contribution in [2.24, 2.45) is 0 Å². The zero-order valence-corrected chi connectivity index (χ0v) is 14.8. The van der Waals surface area contributed by atoms with E-state index >= 15 is 0 Å². The van der Waals surface area contributed by atoms with Crippen molar-refractivity contribution in [3.05, 3.63) is 45.4 Å². The Morgan fingerprint density at radius 3 is 2.71 bits per heavy atom. The van der Waals surface area contributed by atoms with Crippen molar-refractivity contribution in [2.45, 2.75) is 25.3 Å². The zero-order valence-electron chi connectivity index (χ0n) is 11.8. The molecule has 0 saturated carbocycles. The fourth-order valence-electron chi connectivity index (χ4n) is 1.89. The minimum absolute atomic E-state index is 0.175. The molecule has 0 unspecified atom stereocenters. The molecule has 0 saturated heterocycles. The number of aryl methyl sites for hydroxylation is 1. The Labute approximate surface area is 138 Å². The van der Waals surface area contributed by atoms with E-state index in [1.807, 2.05) is 13.0 Å². The number of sulfonamides is 1. The Morgan fingerprint density at radius 2 is 2.05 bits per heavy atom. The van der Waals surface area contributed by atoms with E-state index in [-0.39, 0.29) is 4.90 Å². The Kier molecular flexibility index (Phi) is 5.28. The van der Waals surface area contributed by atoms with Crippen LogP contribution in [0, 0.1) is 10.5 Å². The average molecular weight is 420 g/mol. The van der Waals surface area contributed by atoms with Gasteiger partial charge < -0.3 is 9.73 Å². The topological polar surface area (TPSA) is 71.3 Å². The number of nitrogens with one attached hydrogen (secondary N) is 2. The molecule has 2 rings (SSSR count). The predicted octanol–water partition coefficient (Wildman–Crippen LogP) is 3.10. The summed E-state index contributed by atoms with van der Waals surface area (Å²) in [5, 5.41) is 3.10. The highest BCUT2D eigenvalue weighted by molar-refractivity contribution is 14.1. The molecule has 114 valence electrons. The van der Waals surface area contributed by atoms with Crippen LogP contribution in [0.3, 0.4) is 0 Å². The second-order valence-corrected chi connectivity index (χ2v) is 7.43. The van der Waals surface area contributed by atoms with Crippen molar-refractivity contribution in [1.82, 2.24) is 5.32 Å². The van der Waals surface area contributed by atoms with E-state index in [4.69, 9.17) is 4.42 Å². The van der Waals surface area contributed by atoms with E-state index in [0.29, 0.717) is 23.8 Å². The molecule has 7 heteroatoms. The number of furan rings is 1. The van der Waals surface area contributed by atoms with E-state index < -0.39 is 10.0 Å². The van der Waals surface area contributed by atoms with Gasteiger partial charge in [-0.1, -0.05) is 13.0 Å². The van der Waals surface area contributed by atoms with Crippen molar-refractivity contribution < 1.29 is 12.8 Å². The molecule has 1 aromatic heterocycles. The number of hydrogen-bond acceptors (Lipinski definition) is 4. The number of hydrogen-bond donors (Lipinski definition) is 2. The maximum absolute atomic E-state index is 12.4. The molecule has 0 spiro atoms. The number of rotatable bonds is 6. The third kappa shape index (κ3) is 4.21. The highest BCUT2D eigenvalue weighted by Gasteiger charge is 2.21. The molecule has 21 heavy (non-hydrogen) atoms. The zero-order chi connectivity index (χ0) is 15.5. The Bertz CT molecular complexity index is 726. The van der Waals surface area contributed by atoms with Crippen molar-refractivity contribution in [1.29, 1.82) is 0 Å². The molecule has 5 nitrogen and oxygen atoms in total. The van der Waals surface area contributed by atoms with Gasteiger partial charge >= 0.3 is 0 Å². The summed E-state index contributed by atoms with van der Waals surface area (Å²) in [6.45, 7) is 4.93. The van der Waals surface area contributed by atoms with Gasteiger partial charge in [-0.15, -0.1) is 0 Å². The smallest absolute Gasteiger partial charge is 0.265 e. The van der Waals surface area contributed by atoms with Gasteiger partial charge in [0.2, 0.25) is 0 Å². The van der Waals surface area contributed by atoms with Gasteiger partial charge in [-0.05, 0) is 54.3 Å². The minimum atomic E-state index is -3.64.